The van der Waals surface area contributed by atoms with Gasteiger partial charge in [-0.05, 0) is 12.2 Å². The Morgan fingerprint density at radius 3 is 2.44 bits per heavy atom. The second-order valence-electron chi connectivity index (χ2n) is 1.68. The first kappa shape index (κ1) is 6.37. The van der Waals surface area contributed by atoms with E-state index in [1.54, 1.807) is 0 Å². The van der Waals surface area contributed by atoms with Crippen LogP contribution in [0.25, 0.3) is 0 Å². The topological polar surface area (TPSA) is 0 Å². The molecular weight excluding hydrogens is 132 g/mol. The Morgan fingerprint density at radius 1 is 0.889 bits per heavy atom. The van der Waals surface area contributed by atoms with Crippen molar-refractivity contribution in [2.45, 2.75) is 0 Å². The zero-order valence-electron chi connectivity index (χ0n) is 4.92. The molecule has 0 aromatic rings. The fourth-order valence-corrected chi connectivity index (χ4v) is 0.688. The predicted molar refractivity (Wildman–Crippen MR) is 41.4 cm³/mol. The van der Waals surface area contributed by atoms with E-state index in [4.69, 9.17) is 11.6 Å². The van der Waals surface area contributed by atoms with Crippen molar-refractivity contribution in [2.24, 2.45) is 0 Å². The first-order chi connectivity index (χ1) is 4.39. The Labute approximate surface area is 59.8 Å². The largest absolute Gasteiger partial charge is 0.0843 e. The summed E-state index contributed by atoms with van der Waals surface area (Å²) in [6.45, 7) is 0. The van der Waals surface area contributed by atoms with Gasteiger partial charge in [0.2, 0.25) is 0 Å². The van der Waals surface area contributed by atoms with Gasteiger partial charge in [0.25, 0.3) is 0 Å². The van der Waals surface area contributed by atoms with Crippen LogP contribution in [0.1, 0.15) is 0 Å². The van der Waals surface area contributed by atoms with Crippen molar-refractivity contribution < 1.29 is 0 Å². The lowest BCUT2D eigenvalue weighted by molar-refractivity contribution is 1.77. The van der Waals surface area contributed by atoms with E-state index >= 15 is 0 Å². The van der Waals surface area contributed by atoms with E-state index in [9.17, 15) is 0 Å². The van der Waals surface area contributed by atoms with Crippen molar-refractivity contribution in [1.29, 1.82) is 0 Å². The van der Waals surface area contributed by atoms with E-state index < -0.39 is 0 Å². The lowest BCUT2D eigenvalue weighted by Gasteiger charge is -1.85. The monoisotopic (exact) mass is 138 g/mol. The third-order valence-electron chi connectivity index (χ3n) is 0.955. The summed E-state index contributed by atoms with van der Waals surface area (Å²) in [4.78, 5) is 0. The predicted octanol–water partition coefficient (Wildman–Crippen LogP) is 2.79. The molecule has 0 radical (unpaired) electrons. The highest BCUT2D eigenvalue weighted by Gasteiger charge is 1.79. The molecule has 46 valence electrons. The van der Waals surface area contributed by atoms with Crippen molar-refractivity contribution in [3.63, 3.8) is 0 Å². The second kappa shape index (κ2) is 3.31. The summed E-state index contributed by atoms with van der Waals surface area (Å²) in [5.74, 6) is 0. The average Bonchev–Trinajstić information content (AvgIpc) is 1.79. The number of hydrogen-bond acceptors (Lipinski definition) is 0. The summed E-state index contributed by atoms with van der Waals surface area (Å²) >= 11 is 5.68. The zero-order valence-corrected chi connectivity index (χ0v) is 5.68. The van der Waals surface area contributed by atoms with E-state index in [0.29, 0.717) is 0 Å². The van der Waals surface area contributed by atoms with Gasteiger partial charge in [0.05, 0.1) is 0 Å². The molecule has 0 nitrogen and oxygen atoms in total. The van der Waals surface area contributed by atoms with Gasteiger partial charge in [-0.25, -0.2) is 0 Å². The molecule has 9 heavy (non-hydrogen) atoms. The van der Waals surface area contributed by atoms with E-state index in [1.165, 1.54) is 0 Å². The summed E-state index contributed by atoms with van der Waals surface area (Å²) in [6, 6.07) is 0. The van der Waals surface area contributed by atoms with E-state index in [2.05, 4.69) is 0 Å². The van der Waals surface area contributed by atoms with E-state index in [-0.39, 0.29) is 0 Å². The molecule has 0 unspecified atom stereocenters. The Balaban J connectivity index is 2.77. The van der Waals surface area contributed by atoms with Gasteiger partial charge < -0.3 is 0 Å². The van der Waals surface area contributed by atoms with Crippen molar-refractivity contribution in [3.05, 3.63) is 47.6 Å². The van der Waals surface area contributed by atoms with Crippen LogP contribution in [0.2, 0.25) is 0 Å². The van der Waals surface area contributed by atoms with Crippen LogP contribution in [0.4, 0.5) is 0 Å². The molecule has 0 spiro atoms. The third-order valence-corrected chi connectivity index (χ3v) is 1.21. The smallest absolute Gasteiger partial charge is 0.0405 e. The van der Waals surface area contributed by atoms with Crippen molar-refractivity contribution in [1.82, 2.24) is 0 Å². The molecule has 0 amide bonds. The van der Waals surface area contributed by atoms with Crippen LogP contribution in [0.15, 0.2) is 47.6 Å². The third kappa shape index (κ3) is 2.34. The molecule has 0 heterocycles. The normalized spacial score (nSPS) is 23.9. The van der Waals surface area contributed by atoms with Crippen LogP contribution >= 0.6 is 11.6 Å². The Morgan fingerprint density at radius 2 is 1.56 bits per heavy atom. The molecule has 0 saturated carbocycles. The van der Waals surface area contributed by atoms with Crippen LogP contribution in [-0.4, -0.2) is 0 Å². The lowest BCUT2D eigenvalue weighted by atomic mass is 10.3. The van der Waals surface area contributed by atoms with Crippen LogP contribution in [0.3, 0.4) is 0 Å². The highest BCUT2D eigenvalue weighted by Crippen LogP contribution is 2.04. The second-order valence-corrected chi connectivity index (χ2v) is 2.12. The van der Waals surface area contributed by atoms with Crippen molar-refractivity contribution in [3.8, 4) is 0 Å². The molecule has 1 aliphatic rings. The van der Waals surface area contributed by atoms with Crippen LogP contribution in [0.5, 0.6) is 0 Å². The van der Waals surface area contributed by atoms with Crippen LogP contribution < -0.4 is 0 Å². The van der Waals surface area contributed by atoms with Gasteiger partial charge in [-0.2, -0.15) is 0 Å². The molecule has 0 aromatic heterocycles. The summed E-state index contributed by atoms with van der Waals surface area (Å²) in [5.41, 5.74) is 0. The summed E-state index contributed by atoms with van der Waals surface area (Å²) in [6.07, 6.45) is 13.3. The molecule has 0 N–H and O–H groups in total. The first-order valence-electron chi connectivity index (χ1n) is 2.77. The van der Waals surface area contributed by atoms with Gasteiger partial charge in [0.15, 0.2) is 0 Å². The Hall–Kier alpha value is -0.750. The lowest BCUT2D eigenvalue weighted by Crippen LogP contribution is -1.63. The van der Waals surface area contributed by atoms with Gasteiger partial charge in [-0.15, -0.1) is 0 Å². The molecule has 0 fully saturated rings. The van der Waals surface area contributed by atoms with Gasteiger partial charge in [0.1, 0.15) is 0 Å². The Kier molecular flexibility index (Phi) is 2.34. The van der Waals surface area contributed by atoms with Gasteiger partial charge in [-0.3, -0.25) is 0 Å². The summed E-state index contributed by atoms with van der Waals surface area (Å²) in [5, 5.41) is 0.760. The standard InChI is InChI=1S/C8H7Cl/c9-8-6-4-2-1-3-5-7-8/h1-7H/b2-1-,3-1?,4-2?,5-3-,6-4?,7-5?,8-6?,8-7?. The first-order valence-corrected chi connectivity index (χ1v) is 3.14. The minimum absolute atomic E-state index is 0.760. The zero-order chi connectivity index (χ0) is 6.53. The maximum absolute atomic E-state index is 5.68. The summed E-state index contributed by atoms with van der Waals surface area (Å²) in [7, 11) is 0. The molecule has 1 heteroatoms. The van der Waals surface area contributed by atoms with E-state index in [1.807, 2.05) is 42.5 Å². The minimum Gasteiger partial charge on any atom is -0.0843 e. The molecular formula is C8H7Cl. The van der Waals surface area contributed by atoms with Gasteiger partial charge in [-0.1, -0.05) is 42.0 Å². The molecule has 0 aromatic carbocycles. The quantitative estimate of drug-likeness (QED) is 0.483. The number of rotatable bonds is 0. The van der Waals surface area contributed by atoms with E-state index in [0.717, 1.165) is 5.03 Å². The molecule has 0 aliphatic heterocycles. The fourth-order valence-electron chi connectivity index (χ4n) is 0.543. The SMILES string of the molecule is ClC1=C/C=C\C=C/C=C1. The van der Waals surface area contributed by atoms with Crippen molar-refractivity contribution >= 4 is 11.6 Å². The fraction of sp³-hybridized carbons (Fsp3) is 0. The van der Waals surface area contributed by atoms with Crippen molar-refractivity contribution in [2.75, 3.05) is 0 Å². The van der Waals surface area contributed by atoms with Gasteiger partial charge in [0, 0.05) is 5.03 Å². The Bertz CT molecular complexity index is 195. The van der Waals surface area contributed by atoms with Gasteiger partial charge >= 0.3 is 0 Å². The molecule has 1 rings (SSSR count). The maximum Gasteiger partial charge on any atom is 0.0405 e. The minimum atomic E-state index is 0.760. The number of hydrogen-bond donors (Lipinski definition) is 0. The molecule has 0 saturated heterocycles. The highest BCUT2D eigenvalue weighted by molar-refractivity contribution is 6.31. The average molecular weight is 139 g/mol. The molecule has 1 aliphatic carbocycles. The van der Waals surface area contributed by atoms with Crippen LogP contribution in [0, 0.1) is 0 Å². The maximum atomic E-state index is 5.68. The number of halogens is 1. The molecule has 0 atom stereocenters. The molecule has 0 bridgehead atoms. The van der Waals surface area contributed by atoms with Crippen LogP contribution in [-0.2, 0) is 0 Å². The number of allylic oxidation sites excluding steroid dienone is 8. The summed E-state index contributed by atoms with van der Waals surface area (Å²) < 4.78 is 0. The highest BCUT2D eigenvalue weighted by atomic mass is 35.5.